The van der Waals surface area contributed by atoms with Gasteiger partial charge in [-0.25, -0.2) is 4.57 Å². The van der Waals surface area contributed by atoms with E-state index in [1.54, 1.807) is 13.2 Å². The highest BCUT2D eigenvalue weighted by Crippen LogP contribution is 2.27. The standard InChI is InChI=1S/C7H7F3N.ClH/c1-11-4-2-3-6(5-11)7(8,9)10;/h2-5H,1H3;1H/q+1;/p-1. The van der Waals surface area contributed by atoms with Gasteiger partial charge in [0.2, 0.25) is 0 Å². The molecule has 0 unspecified atom stereocenters. The van der Waals surface area contributed by atoms with Gasteiger partial charge in [-0.05, 0) is 6.07 Å². The summed E-state index contributed by atoms with van der Waals surface area (Å²) in [5.74, 6) is 0. The fourth-order valence-corrected chi connectivity index (χ4v) is 0.756. The van der Waals surface area contributed by atoms with Gasteiger partial charge < -0.3 is 12.4 Å². The number of aryl methyl sites for hydroxylation is 1. The van der Waals surface area contributed by atoms with E-state index >= 15 is 0 Å². The number of nitrogens with zero attached hydrogens (tertiary/aromatic N) is 1. The molecule has 1 nitrogen and oxygen atoms in total. The van der Waals surface area contributed by atoms with E-state index in [1.807, 2.05) is 0 Å². The molecule has 0 aliphatic heterocycles. The number of rotatable bonds is 0. The smallest absolute Gasteiger partial charge is 0.422 e. The van der Waals surface area contributed by atoms with Crippen molar-refractivity contribution >= 4 is 0 Å². The predicted octanol–water partition coefficient (Wildman–Crippen LogP) is -1.47. The molecular formula is C7H7ClF3N. The Labute approximate surface area is 74.2 Å². The number of halogens is 4. The van der Waals surface area contributed by atoms with Crippen LogP contribution in [0.2, 0.25) is 0 Å². The van der Waals surface area contributed by atoms with Crippen LogP contribution in [-0.2, 0) is 13.2 Å². The summed E-state index contributed by atoms with van der Waals surface area (Å²) < 4.78 is 37.2. The molecule has 1 heterocycles. The molecule has 0 saturated carbocycles. The third kappa shape index (κ3) is 2.70. The molecule has 68 valence electrons. The Morgan fingerprint density at radius 2 is 1.92 bits per heavy atom. The van der Waals surface area contributed by atoms with Gasteiger partial charge in [-0.1, -0.05) is 0 Å². The van der Waals surface area contributed by atoms with E-state index in [-0.39, 0.29) is 12.4 Å². The first-order valence-corrected chi connectivity index (χ1v) is 3.02. The minimum Gasteiger partial charge on any atom is -1.00 e. The molecule has 0 saturated heterocycles. The summed E-state index contributed by atoms with van der Waals surface area (Å²) in [4.78, 5) is 0. The van der Waals surface area contributed by atoms with Gasteiger partial charge in [0.25, 0.3) is 0 Å². The molecule has 0 amide bonds. The van der Waals surface area contributed by atoms with Gasteiger partial charge in [0.05, 0.1) is 0 Å². The van der Waals surface area contributed by atoms with Crippen molar-refractivity contribution in [2.24, 2.45) is 7.05 Å². The Kier molecular flexibility index (Phi) is 3.52. The topological polar surface area (TPSA) is 3.88 Å². The first kappa shape index (κ1) is 11.2. The van der Waals surface area contributed by atoms with Gasteiger partial charge in [0, 0.05) is 6.07 Å². The van der Waals surface area contributed by atoms with E-state index in [4.69, 9.17) is 0 Å². The van der Waals surface area contributed by atoms with Crippen molar-refractivity contribution < 1.29 is 30.1 Å². The molecule has 0 spiro atoms. The minimum absolute atomic E-state index is 0. The van der Waals surface area contributed by atoms with Crippen molar-refractivity contribution in [3.05, 3.63) is 30.1 Å². The Hall–Kier alpha value is -0.770. The number of aromatic nitrogens is 1. The maximum absolute atomic E-state index is 12.0. The second-order valence-electron chi connectivity index (χ2n) is 2.26. The van der Waals surface area contributed by atoms with E-state index < -0.39 is 11.7 Å². The molecule has 0 aliphatic rings. The average Bonchev–Trinajstić information content (AvgIpc) is 1.86. The second-order valence-corrected chi connectivity index (χ2v) is 2.26. The zero-order valence-corrected chi connectivity index (χ0v) is 7.02. The third-order valence-electron chi connectivity index (χ3n) is 1.27. The molecule has 0 fully saturated rings. The van der Waals surface area contributed by atoms with Crippen LogP contribution >= 0.6 is 0 Å². The lowest BCUT2D eigenvalue weighted by molar-refractivity contribution is -0.672. The number of pyridine rings is 1. The summed E-state index contributed by atoms with van der Waals surface area (Å²) in [7, 11) is 1.55. The van der Waals surface area contributed by atoms with Crippen LogP contribution in [0.5, 0.6) is 0 Å². The Balaban J connectivity index is 0.00000121. The van der Waals surface area contributed by atoms with Gasteiger partial charge in [-0.2, -0.15) is 13.2 Å². The lowest BCUT2D eigenvalue weighted by Gasteiger charge is -2.02. The minimum atomic E-state index is -4.24. The average molecular weight is 198 g/mol. The van der Waals surface area contributed by atoms with E-state index in [9.17, 15) is 13.2 Å². The van der Waals surface area contributed by atoms with E-state index in [2.05, 4.69) is 0 Å². The second kappa shape index (κ2) is 3.76. The van der Waals surface area contributed by atoms with Crippen molar-refractivity contribution in [2.75, 3.05) is 0 Å². The summed E-state index contributed by atoms with van der Waals surface area (Å²) in [6.07, 6.45) is -1.64. The normalized spacial score (nSPS) is 10.7. The van der Waals surface area contributed by atoms with Crippen LogP contribution in [0.4, 0.5) is 13.2 Å². The molecule has 0 aromatic carbocycles. The number of hydrogen-bond acceptors (Lipinski definition) is 0. The zero-order chi connectivity index (χ0) is 8.48. The lowest BCUT2D eigenvalue weighted by Crippen LogP contribution is -3.00. The molecule has 0 radical (unpaired) electrons. The molecule has 0 N–H and O–H groups in total. The fourth-order valence-electron chi connectivity index (χ4n) is 0.756. The van der Waals surface area contributed by atoms with Crippen molar-refractivity contribution in [2.45, 2.75) is 6.18 Å². The Morgan fingerprint density at radius 3 is 2.25 bits per heavy atom. The maximum atomic E-state index is 12.0. The van der Waals surface area contributed by atoms with Crippen molar-refractivity contribution in [1.29, 1.82) is 0 Å². The van der Waals surface area contributed by atoms with Gasteiger partial charge in [-0.15, -0.1) is 0 Å². The molecule has 12 heavy (non-hydrogen) atoms. The monoisotopic (exact) mass is 197 g/mol. The van der Waals surface area contributed by atoms with Gasteiger partial charge in [0.1, 0.15) is 12.6 Å². The fraction of sp³-hybridized carbons (Fsp3) is 0.286. The first-order chi connectivity index (χ1) is 5.00. The lowest BCUT2D eigenvalue weighted by atomic mass is 10.3. The third-order valence-corrected chi connectivity index (χ3v) is 1.27. The SMILES string of the molecule is C[n+]1cccc(C(F)(F)F)c1.[Cl-]. The van der Waals surface area contributed by atoms with Crippen LogP contribution in [0.1, 0.15) is 5.56 Å². The molecule has 5 heteroatoms. The summed E-state index contributed by atoms with van der Waals surface area (Å²) >= 11 is 0. The van der Waals surface area contributed by atoms with Crippen LogP contribution < -0.4 is 17.0 Å². The van der Waals surface area contributed by atoms with Crippen LogP contribution in [0.3, 0.4) is 0 Å². The Bertz CT molecular complexity index is 259. The highest BCUT2D eigenvalue weighted by molar-refractivity contribution is 5.09. The largest absolute Gasteiger partial charge is 1.00 e. The van der Waals surface area contributed by atoms with Crippen molar-refractivity contribution in [3.8, 4) is 0 Å². The van der Waals surface area contributed by atoms with Crippen LogP contribution in [0, 0.1) is 0 Å². The molecule has 0 atom stereocenters. The molecule has 1 aromatic rings. The van der Waals surface area contributed by atoms with Crippen LogP contribution in [0.15, 0.2) is 24.5 Å². The Morgan fingerprint density at radius 1 is 1.33 bits per heavy atom. The highest BCUT2D eigenvalue weighted by Gasteiger charge is 2.32. The van der Waals surface area contributed by atoms with Crippen LogP contribution in [-0.4, -0.2) is 0 Å². The molecule has 1 rings (SSSR count). The maximum Gasteiger partial charge on any atom is 0.422 e. The molecular weight excluding hydrogens is 191 g/mol. The summed E-state index contributed by atoms with van der Waals surface area (Å²) in [5.41, 5.74) is -0.623. The van der Waals surface area contributed by atoms with Crippen molar-refractivity contribution in [1.82, 2.24) is 0 Å². The molecule has 0 bridgehead atoms. The van der Waals surface area contributed by atoms with Crippen molar-refractivity contribution in [3.63, 3.8) is 0 Å². The quantitative estimate of drug-likeness (QED) is 0.448. The molecule has 1 aromatic heterocycles. The highest BCUT2D eigenvalue weighted by atomic mass is 35.5. The van der Waals surface area contributed by atoms with E-state index in [1.165, 1.54) is 10.6 Å². The van der Waals surface area contributed by atoms with E-state index in [0.717, 1.165) is 12.3 Å². The summed E-state index contributed by atoms with van der Waals surface area (Å²) in [5, 5.41) is 0. The summed E-state index contributed by atoms with van der Waals surface area (Å²) in [6.45, 7) is 0. The van der Waals surface area contributed by atoms with Gasteiger partial charge in [0.15, 0.2) is 12.4 Å². The first-order valence-electron chi connectivity index (χ1n) is 3.02. The zero-order valence-electron chi connectivity index (χ0n) is 6.27. The van der Waals surface area contributed by atoms with Crippen LogP contribution in [0.25, 0.3) is 0 Å². The predicted molar refractivity (Wildman–Crippen MR) is 32.6 cm³/mol. The number of hydrogen-bond donors (Lipinski definition) is 0. The number of alkyl halides is 3. The molecule has 0 aliphatic carbocycles. The van der Waals surface area contributed by atoms with Gasteiger partial charge in [-0.3, -0.25) is 0 Å². The van der Waals surface area contributed by atoms with Gasteiger partial charge >= 0.3 is 6.18 Å². The summed E-state index contributed by atoms with van der Waals surface area (Å²) in [6, 6.07) is 2.41. The van der Waals surface area contributed by atoms with E-state index in [0.29, 0.717) is 0 Å².